The summed E-state index contributed by atoms with van der Waals surface area (Å²) in [5.41, 5.74) is 2.18. The van der Waals surface area contributed by atoms with Crippen LogP contribution in [0.3, 0.4) is 0 Å². The molecule has 0 unspecified atom stereocenters. The molecule has 0 atom stereocenters. The van der Waals surface area contributed by atoms with Gasteiger partial charge in [0.05, 0.1) is 17.7 Å². The first-order valence-electron chi connectivity index (χ1n) is 11.9. The Kier molecular flexibility index (Phi) is 8.02. The normalized spacial score (nSPS) is 11.1. The van der Waals surface area contributed by atoms with Crippen molar-refractivity contribution in [3.63, 3.8) is 0 Å². The average Bonchev–Trinajstić information content (AvgIpc) is 3.40. The van der Waals surface area contributed by atoms with Gasteiger partial charge in [-0.1, -0.05) is 41.4 Å². The molecule has 0 aliphatic rings. The van der Waals surface area contributed by atoms with Crippen molar-refractivity contribution in [3.8, 4) is 28.2 Å². The van der Waals surface area contributed by atoms with Gasteiger partial charge in [0.2, 0.25) is 5.91 Å². The van der Waals surface area contributed by atoms with Crippen molar-refractivity contribution >= 4 is 69.2 Å². The van der Waals surface area contributed by atoms with Crippen LogP contribution >= 0.6 is 35.4 Å². The molecule has 2 N–H and O–H groups in total. The number of rotatable bonds is 6. The van der Waals surface area contributed by atoms with Crippen LogP contribution in [0, 0.1) is 0 Å². The number of hydrogen-bond acceptors (Lipinski definition) is 6. The Hall–Kier alpha value is -4.37. The van der Waals surface area contributed by atoms with Gasteiger partial charge >= 0.3 is 5.63 Å². The summed E-state index contributed by atoms with van der Waals surface area (Å²) in [5.74, 6) is 0.958. The first kappa shape index (κ1) is 27.2. The number of nitrogens with one attached hydrogen (secondary N) is 2. The Morgan fingerprint density at radius 2 is 1.73 bits per heavy atom. The smallest absolute Gasteiger partial charge is 0.344 e. The summed E-state index contributed by atoms with van der Waals surface area (Å²) in [4.78, 5) is 25.0. The molecule has 0 aliphatic carbocycles. The molecule has 7 nitrogen and oxygen atoms in total. The Morgan fingerprint density at radius 1 is 0.925 bits per heavy atom. The zero-order valence-electron chi connectivity index (χ0n) is 20.9. The molecular formula is C30H20Cl2N2O5S. The van der Waals surface area contributed by atoms with Gasteiger partial charge in [-0.05, 0) is 72.9 Å². The van der Waals surface area contributed by atoms with E-state index in [1.165, 1.54) is 19.3 Å². The van der Waals surface area contributed by atoms with E-state index in [1.54, 1.807) is 66.7 Å². The topological polar surface area (TPSA) is 93.7 Å². The van der Waals surface area contributed by atoms with Crippen LogP contribution in [0.15, 0.2) is 98.6 Å². The SMILES string of the molecule is COc1cc(NC(=S)NC(=O)/C=C/c2ccc(-c3ccc(Cl)cc3Cl)o2)ccc1-c1cc2ccccc2oc1=O. The van der Waals surface area contributed by atoms with E-state index in [2.05, 4.69) is 10.6 Å². The van der Waals surface area contributed by atoms with Gasteiger partial charge in [0.25, 0.3) is 0 Å². The highest BCUT2D eigenvalue weighted by Gasteiger charge is 2.14. The zero-order chi connectivity index (χ0) is 28.2. The Bertz CT molecular complexity index is 1840. The van der Waals surface area contributed by atoms with Gasteiger partial charge in [-0.15, -0.1) is 0 Å². The number of benzene rings is 3. The number of hydrogen-bond donors (Lipinski definition) is 2. The third kappa shape index (κ3) is 6.10. The van der Waals surface area contributed by atoms with Crippen molar-refractivity contribution in [1.29, 1.82) is 0 Å². The van der Waals surface area contributed by atoms with E-state index in [4.69, 9.17) is 49.0 Å². The van der Waals surface area contributed by atoms with E-state index >= 15 is 0 Å². The fourth-order valence-corrected chi connectivity index (χ4v) is 4.71. The second kappa shape index (κ2) is 11.8. The monoisotopic (exact) mass is 590 g/mol. The lowest BCUT2D eigenvalue weighted by Gasteiger charge is -2.13. The summed E-state index contributed by atoms with van der Waals surface area (Å²) in [7, 11) is 1.50. The quantitative estimate of drug-likeness (QED) is 0.120. The van der Waals surface area contributed by atoms with E-state index in [0.717, 1.165) is 5.39 Å². The second-order valence-electron chi connectivity index (χ2n) is 8.50. The lowest BCUT2D eigenvalue weighted by Crippen LogP contribution is -2.32. The highest BCUT2D eigenvalue weighted by molar-refractivity contribution is 7.80. The van der Waals surface area contributed by atoms with Gasteiger partial charge in [0, 0.05) is 39.4 Å². The fraction of sp³-hybridized carbons (Fsp3) is 0.0333. The maximum Gasteiger partial charge on any atom is 0.344 e. The number of amides is 1. The molecule has 10 heteroatoms. The number of fused-ring (bicyclic) bond motifs is 1. The number of carbonyl (C=O) groups excluding carboxylic acids is 1. The first-order valence-corrected chi connectivity index (χ1v) is 13.0. The van der Waals surface area contributed by atoms with Gasteiger partial charge in [-0.3, -0.25) is 10.1 Å². The zero-order valence-corrected chi connectivity index (χ0v) is 23.2. The number of carbonyl (C=O) groups is 1. The largest absolute Gasteiger partial charge is 0.496 e. The predicted molar refractivity (Wildman–Crippen MR) is 162 cm³/mol. The average molecular weight is 591 g/mol. The molecule has 200 valence electrons. The molecular weight excluding hydrogens is 571 g/mol. The molecule has 2 heterocycles. The lowest BCUT2D eigenvalue weighted by molar-refractivity contribution is -0.115. The fourth-order valence-electron chi connectivity index (χ4n) is 3.99. The van der Waals surface area contributed by atoms with E-state index in [1.807, 2.05) is 12.1 Å². The van der Waals surface area contributed by atoms with Crippen molar-refractivity contribution in [2.75, 3.05) is 12.4 Å². The van der Waals surface area contributed by atoms with Crippen LogP contribution < -0.4 is 21.0 Å². The molecule has 3 aromatic carbocycles. The second-order valence-corrected chi connectivity index (χ2v) is 9.76. The van der Waals surface area contributed by atoms with Crippen molar-refractivity contribution in [3.05, 3.63) is 111 Å². The Morgan fingerprint density at radius 3 is 2.52 bits per heavy atom. The summed E-state index contributed by atoms with van der Waals surface area (Å²) >= 11 is 17.5. The van der Waals surface area contributed by atoms with Gasteiger partial charge in [0.1, 0.15) is 22.9 Å². The number of para-hydroxylation sites is 1. The summed E-state index contributed by atoms with van der Waals surface area (Å²) in [6, 6.07) is 22.7. The molecule has 40 heavy (non-hydrogen) atoms. The number of anilines is 1. The molecule has 5 aromatic rings. The molecule has 5 rings (SSSR count). The molecule has 0 radical (unpaired) electrons. The van der Waals surface area contributed by atoms with Crippen molar-refractivity contribution in [1.82, 2.24) is 5.32 Å². The maximum absolute atomic E-state index is 12.6. The molecule has 0 bridgehead atoms. The Labute approximate surface area is 244 Å². The molecule has 0 saturated carbocycles. The first-order chi connectivity index (χ1) is 19.3. The predicted octanol–water partition coefficient (Wildman–Crippen LogP) is 7.56. The van der Waals surface area contributed by atoms with Crippen LogP contribution in [-0.2, 0) is 4.79 Å². The van der Waals surface area contributed by atoms with E-state index in [9.17, 15) is 9.59 Å². The molecule has 0 aliphatic heterocycles. The highest BCUT2D eigenvalue weighted by Crippen LogP contribution is 2.33. The van der Waals surface area contributed by atoms with E-state index < -0.39 is 11.5 Å². The van der Waals surface area contributed by atoms with Gasteiger partial charge in [-0.25, -0.2) is 4.79 Å². The van der Waals surface area contributed by atoms with Crippen LogP contribution in [0.25, 0.3) is 39.5 Å². The van der Waals surface area contributed by atoms with E-state index in [-0.39, 0.29) is 5.11 Å². The third-order valence-electron chi connectivity index (χ3n) is 5.85. The molecule has 0 spiro atoms. The number of furan rings is 1. The van der Waals surface area contributed by atoms with Crippen molar-refractivity contribution in [2.24, 2.45) is 0 Å². The highest BCUT2D eigenvalue weighted by atomic mass is 35.5. The summed E-state index contributed by atoms with van der Waals surface area (Å²) < 4.78 is 16.7. The van der Waals surface area contributed by atoms with E-state index in [0.29, 0.717) is 55.3 Å². The third-order valence-corrected chi connectivity index (χ3v) is 6.60. The number of ether oxygens (including phenoxy) is 1. The Balaban J connectivity index is 1.24. The minimum atomic E-state index is -0.479. The number of methoxy groups -OCH3 is 1. The minimum absolute atomic E-state index is 0.0720. The van der Waals surface area contributed by atoms with Crippen LogP contribution in [-0.4, -0.2) is 18.1 Å². The molecule has 0 fully saturated rings. The van der Waals surface area contributed by atoms with Crippen molar-refractivity contribution in [2.45, 2.75) is 0 Å². The number of thiocarbonyl (C=S) groups is 1. The lowest BCUT2D eigenvalue weighted by atomic mass is 10.0. The van der Waals surface area contributed by atoms with Crippen LogP contribution in [0.4, 0.5) is 5.69 Å². The molecule has 2 aromatic heterocycles. The summed E-state index contributed by atoms with van der Waals surface area (Å²) in [6.45, 7) is 0. The van der Waals surface area contributed by atoms with Crippen molar-refractivity contribution < 1.29 is 18.4 Å². The maximum atomic E-state index is 12.6. The van der Waals surface area contributed by atoms with Gasteiger partial charge < -0.3 is 18.9 Å². The summed E-state index contributed by atoms with van der Waals surface area (Å²) in [6.07, 6.45) is 2.81. The standard InChI is InChI=1S/C30H20Cl2N2O5S/c1-37-27-16-19(7-11-21(27)23-14-17-4-2-3-5-25(17)39-29(23)36)33-30(40)34-28(35)13-9-20-8-12-26(38-20)22-10-6-18(31)15-24(22)32/h2-16H,1H3,(H2,33,34,35,40)/b13-9+. The molecule has 1 amide bonds. The number of halogens is 2. The van der Waals surface area contributed by atoms with Gasteiger partial charge in [0.15, 0.2) is 5.11 Å². The minimum Gasteiger partial charge on any atom is -0.496 e. The van der Waals surface area contributed by atoms with Crippen LogP contribution in [0.1, 0.15) is 5.76 Å². The molecule has 0 saturated heterocycles. The van der Waals surface area contributed by atoms with Crippen LogP contribution in [0.5, 0.6) is 5.75 Å². The summed E-state index contributed by atoms with van der Waals surface area (Å²) in [5, 5.41) is 7.36. The van der Waals surface area contributed by atoms with Crippen LogP contribution in [0.2, 0.25) is 10.0 Å². The van der Waals surface area contributed by atoms with Gasteiger partial charge in [-0.2, -0.15) is 0 Å².